The van der Waals surface area contributed by atoms with Gasteiger partial charge in [-0.1, -0.05) is 19.3 Å². The van der Waals surface area contributed by atoms with Crippen molar-refractivity contribution >= 4 is 26.7 Å². The average Bonchev–Trinajstić information content (AvgIpc) is 3.06. The highest BCUT2D eigenvalue weighted by Crippen LogP contribution is 2.36. The quantitative estimate of drug-likeness (QED) is 0.838. The maximum absolute atomic E-state index is 12.6. The van der Waals surface area contributed by atoms with Crippen molar-refractivity contribution in [3.63, 3.8) is 0 Å². The third-order valence-electron chi connectivity index (χ3n) is 6.13. The summed E-state index contributed by atoms with van der Waals surface area (Å²) in [6, 6.07) is 2.35. The lowest BCUT2D eigenvalue weighted by atomic mass is 9.81. The Morgan fingerprint density at radius 3 is 2.62 bits per heavy atom. The monoisotopic (exact) mass is 376 g/mol. The fourth-order valence-corrected chi connectivity index (χ4v) is 6.78. The molecular formula is C19H28N4O2S. The van der Waals surface area contributed by atoms with Gasteiger partial charge in [-0.25, -0.2) is 18.4 Å². The maximum Gasteiger partial charge on any atom is 0.150 e. The average molecular weight is 377 g/mol. The van der Waals surface area contributed by atoms with Crippen molar-refractivity contribution in [3.05, 3.63) is 18.6 Å². The van der Waals surface area contributed by atoms with Gasteiger partial charge in [0, 0.05) is 19.3 Å². The van der Waals surface area contributed by atoms with Crippen LogP contribution in [0.4, 0.5) is 5.82 Å². The Labute approximate surface area is 155 Å². The van der Waals surface area contributed by atoms with Gasteiger partial charge in [0.2, 0.25) is 0 Å². The second-order valence-electron chi connectivity index (χ2n) is 8.12. The van der Waals surface area contributed by atoms with E-state index < -0.39 is 9.84 Å². The smallest absolute Gasteiger partial charge is 0.150 e. The first kappa shape index (κ1) is 17.8. The van der Waals surface area contributed by atoms with Gasteiger partial charge in [0.1, 0.15) is 17.8 Å². The van der Waals surface area contributed by atoms with Crippen LogP contribution in [0, 0.1) is 11.8 Å². The Kier molecular flexibility index (Phi) is 4.90. The van der Waals surface area contributed by atoms with Crippen LogP contribution in [0.5, 0.6) is 0 Å². The number of nitrogens with one attached hydrogen (secondary N) is 1. The number of hydrogen-bond donors (Lipinski definition) is 1. The number of anilines is 1. The van der Waals surface area contributed by atoms with Crippen molar-refractivity contribution in [1.82, 2.24) is 15.0 Å². The minimum absolute atomic E-state index is 0.291. The van der Waals surface area contributed by atoms with Gasteiger partial charge in [-0.15, -0.1) is 0 Å². The lowest BCUT2D eigenvalue weighted by Gasteiger charge is -2.42. The zero-order valence-electron chi connectivity index (χ0n) is 15.4. The van der Waals surface area contributed by atoms with Gasteiger partial charge in [-0.05, 0) is 43.6 Å². The topological polar surface area (TPSA) is 79.0 Å². The van der Waals surface area contributed by atoms with Gasteiger partial charge in [0.25, 0.3) is 0 Å². The van der Waals surface area contributed by atoms with Gasteiger partial charge in [-0.3, -0.25) is 0 Å². The van der Waals surface area contributed by atoms with Crippen molar-refractivity contribution in [3.8, 4) is 0 Å². The zero-order valence-corrected chi connectivity index (χ0v) is 16.2. The fourth-order valence-electron chi connectivity index (χ4n) is 4.61. The summed E-state index contributed by atoms with van der Waals surface area (Å²) >= 11 is 0. The highest BCUT2D eigenvalue weighted by Gasteiger charge is 2.36. The number of aromatic amines is 1. The van der Waals surface area contributed by atoms with Crippen LogP contribution in [-0.2, 0) is 9.84 Å². The van der Waals surface area contributed by atoms with E-state index in [2.05, 4.69) is 19.9 Å². The van der Waals surface area contributed by atoms with E-state index in [1.165, 1.54) is 19.3 Å². The molecule has 7 heteroatoms. The number of rotatable bonds is 6. The van der Waals surface area contributed by atoms with Crippen LogP contribution in [-0.4, -0.2) is 48.0 Å². The van der Waals surface area contributed by atoms with Crippen LogP contribution in [0.2, 0.25) is 0 Å². The van der Waals surface area contributed by atoms with Crippen molar-refractivity contribution in [2.75, 3.05) is 23.5 Å². The summed E-state index contributed by atoms with van der Waals surface area (Å²) in [5, 5.41) is 1.02. The molecule has 0 atom stereocenters. The highest BCUT2D eigenvalue weighted by atomic mass is 32.2. The Morgan fingerprint density at radius 2 is 1.85 bits per heavy atom. The molecule has 2 aliphatic carbocycles. The molecule has 142 valence electrons. The first-order valence-corrected chi connectivity index (χ1v) is 11.6. The van der Waals surface area contributed by atoms with E-state index in [-0.39, 0.29) is 0 Å². The molecule has 0 unspecified atom stereocenters. The molecule has 0 amide bonds. The molecule has 2 fully saturated rings. The van der Waals surface area contributed by atoms with E-state index in [1.54, 1.807) is 6.33 Å². The molecule has 6 nitrogen and oxygen atoms in total. The van der Waals surface area contributed by atoms with E-state index in [9.17, 15) is 8.42 Å². The molecule has 0 spiro atoms. The van der Waals surface area contributed by atoms with Crippen molar-refractivity contribution in [2.45, 2.75) is 51.0 Å². The summed E-state index contributed by atoms with van der Waals surface area (Å²) in [5.74, 6) is 2.37. The van der Waals surface area contributed by atoms with Crippen molar-refractivity contribution in [2.24, 2.45) is 11.8 Å². The van der Waals surface area contributed by atoms with Gasteiger partial charge in [0.05, 0.1) is 16.9 Å². The number of nitrogens with zero attached hydrogens (tertiary/aromatic N) is 3. The standard InChI is InChI=1S/C19H28N4O2S/c1-23(19-17-7-8-20-18(17)21-13-22-19)16-9-15(10-16)12-26(24,25)11-14-5-3-2-4-6-14/h7-8,13-16H,2-6,9-12H2,1H3,(H,20,21,22)/t15-,16+. The Hall–Kier alpha value is -1.63. The van der Waals surface area contributed by atoms with E-state index in [4.69, 9.17) is 0 Å². The lowest BCUT2D eigenvalue weighted by Crippen LogP contribution is -2.45. The molecule has 2 saturated carbocycles. The van der Waals surface area contributed by atoms with Gasteiger partial charge in [0.15, 0.2) is 9.84 Å². The van der Waals surface area contributed by atoms with Crippen molar-refractivity contribution in [1.29, 1.82) is 0 Å². The molecule has 0 aliphatic heterocycles. The SMILES string of the molecule is CN(c1ncnc2[nH]ccc12)[C@H]1C[C@@H](CS(=O)(=O)CC2CCCCC2)C1. The van der Waals surface area contributed by atoms with Gasteiger partial charge in [-0.2, -0.15) is 0 Å². The third kappa shape index (κ3) is 3.72. The molecule has 2 heterocycles. The van der Waals surface area contributed by atoms with E-state index in [0.717, 1.165) is 42.5 Å². The second kappa shape index (κ2) is 7.18. The molecule has 0 radical (unpaired) electrons. The van der Waals surface area contributed by atoms with Crippen molar-refractivity contribution < 1.29 is 8.42 Å². The van der Waals surface area contributed by atoms with E-state index in [1.807, 2.05) is 19.3 Å². The highest BCUT2D eigenvalue weighted by molar-refractivity contribution is 7.91. The summed E-state index contributed by atoms with van der Waals surface area (Å²) in [7, 11) is -0.882. The first-order valence-electron chi connectivity index (χ1n) is 9.73. The van der Waals surface area contributed by atoms with Crippen LogP contribution in [0.25, 0.3) is 11.0 Å². The summed E-state index contributed by atoms with van der Waals surface area (Å²) in [5.41, 5.74) is 0.841. The van der Waals surface area contributed by atoms with Crippen LogP contribution in [0.1, 0.15) is 44.9 Å². The fraction of sp³-hybridized carbons (Fsp3) is 0.684. The summed E-state index contributed by atoms with van der Waals surface area (Å²) in [6.45, 7) is 0. The minimum Gasteiger partial charge on any atom is -0.356 e. The van der Waals surface area contributed by atoms with E-state index in [0.29, 0.717) is 29.4 Å². The summed E-state index contributed by atoms with van der Waals surface area (Å²) in [6.07, 6.45) is 11.2. The molecule has 0 aromatic carbocycles. The molecule has 1 N–H and O–H groups in total. The number of H-pyrrole nitrogens is 1. The predicted molar refractivity (Wildman–Crippen MR) is 104 cm³/mol. The second-order valence-corrected chi connectivity index (χ2v) is 10.3. The van der Waals surface area contributed by atoms with Crippen LogP contribution >= 0.6 is 0 Å². The van der Waals surface area contributed by atoms with Crippen LogP contribution in [0.15, 0.2) is 18.6 Å². The lowest BCUT2D eigenvalue weighted by molar-refractivity contribution is 0.281. The van der Waals surface area contributed by atoms with Gasteiger partial charge < -0.3 is 9.88 Å². The van der Waals surface area contributed by atoms with Gasteiger partial charge >= 0.3 is 0 Å². The molecule has 26 heavy (non-hydrogen) atoms. The summed E-state index contributed by atoms with van der Waals surface area (Å²) in [4.78, 5) is 14.0. The number of fused-ring (bicyclic) bond motifs is 1. The molecule has 0 saturated heterocycles. The molecule has 2 aromatic heterocycles. The summed E-state index contributed by atoms with van der Waals surface area (Å²) < 4.78 is 25.1. The van der Waals surface area contributed by atoms with E-state index >= 15 is 0 Å². The number of hydrogen-bond acceptors (Lipinski definition) is 5. The number of aromatic nitrogens is 3. The normalized spacial score (nSPS) is 24.5. The molecule has 0 bridgehead atoms. The predicted octanol–water partition coefficient (Wildman–Crippen LogP) is 3.17. The molecular weight excluding hydrogens is 348 g/mol. The largest absolute Gasteiger partial charge is 0.356 e. The molecule has 2 aromatic rings. The molecule has 4 rings (SSSR count). The molecule has 2 aliphatic rings. The zero-order chi connectivity index (χ0) is 18.1. The Bertz CT molecular complexity index is 851. The number of sulfone groups is 1. The maximum atomic E-state index is 12.6. The first-order chi connectivity index (χ1) is 12.5. The minimum atomic E-state index is -2.93. The Balaban J connectivity index is 1.32. The Morgan fingerprint density at radius 1 is 1.12 bits per heavy atom. The third-order valence-corrected chi connectivity index (χ3v) is 8.09. The van der Waals surface area contributed by atoms with Crippen LogP contribution in [0.3, 0.4) is 0 Å². The van der Waals surface area contributed by atoms with Crippen LogP contribution < -0.4 is 4.90 Å².